The van der Waals surface area contributed by atoms with E-state index < -0.39 is 0 Å². The summed E-state index contributed by atoms with van der Waals surface area (Å²) in [5, 5.41) is 3.77. The number of benzene rings is 1. The van der Waals surface area contributed by atoms with Gasteiger partial charge in [0.2, 0.25) is 0 Å². The number of carbonyl (C=O) groups excluding carboxylic acids is 1. The van der Waals surface area contributed by atoms with E-state index in [0.29, 0.717) is 18.9 Å². The third-order valence-corrected chi connectivity index (χ3v) is 4.96. The molecule has 2 heterocycles. The van der Waals surface area contributed by atoms with Gasteiger partial charge in [-0.05, 0) is 50.2 Å². The molecule has 1 amide bonds. The molecule has 0 aliphatic rings. The molecule has 0 saturated carbocycles. The van der Waals surface area contributed by atoms with Crippen LogP contribution in [0.4, 0.5) is 0 Å². The van der Waals surface area contributed by atoms with Gasteiger partial charge in [0.1, 0.15) is 16.5 Å². The fourth-order valence-corrected chi connectivity index (χ4v) is 3.37. The molecular weight excluding hydrogens is 362 g/mol. The fraction of sp³-hybridized carbons (Fsp3) is 0.250. The molecule has 0 aliphatic carbocycles. The molecule has 1 aromatic carbocycles. The third-order valence-electron chi connectivity index (χ3n) is 3.75. The van der Waals surface area contributed by atoms with Gasteiger partial charge < -0.3 is 14.8 Å². The van der Waals surface area contributed by atoms with E-state index in [1.165, 1.54) is 0 Å². The lowest BCUT2D eigenvalue weighted by Crippen LogP contribution is -2.28. The van der Waals surface area contributed by atoms with E-state index in [-0.39, 0.29) is 12.5 Å². The first-order chi connectivity index (χ1) is 13.2. The Morgan fingerprint density at radius 3 is 2.56 bits per heavy atom. The van der Waals surface area contributed by atoms with Gasteiger partial charge in [0.15, 0.2) is 6.61 Å². The van der Waals surface area contributed by atoms with E-state index >= 15 is 0 Å². The number of nitrogens with zero attached hydrogens (tertiary/aromatic N) is 2. The van der Waals surface area contributed by atoms with Crippen LogP contribution in [-0.2, 0) is 11.3 Å². The first-order valence-electron chi connectivity index (χ1n) is 8.64. The van der Waals surface area contributed by atoms with Crippen molar-refractivity contribution in [2.24, 2.45) is 0 Å². The highest BCUT2D eigenvalue weighted by atomic mass is 32.1. The molecule has 0 unspecified atom stereocenters. The fourth-order valence-electron chi connectivity index (χ4n) is 2.38. The van der Waals surface area contributed by atoms with Crippen LogP contribution in [0.5, 0.6) is 11.5 Å². The Morgan fingerprint density at radius 1 is 1.15 bits per heavy atom. The lowest BCUT2D eigenvalue weighted by molar-refractivity contribution is -0.123. The number of amides is 1. The van der Waals surface area contributed by atoms with E-state index in [2.05, 4.69) is 15.3 Å². The summed E-state index contributed by atoms with van der Waals surface area (Å²) < 4.78 is 10.9. The average molecular weight is 383 g/mol. The van der Waals surface area contributed by atoms with E-state index in [1.807, 2.05) is 38.1 Å². The molecule has 0 aliphatic heterocycles. The zero-order valence-electron chi connectivity index (χ0n) is 15.3. The SMILES string of the molecule is CCOc1ccc(OCC(=O)NCc2sc(-c3cccnc3)nc2C)cc1. The molecule has 0 saturated heterocycles. The molecule has 2 aromatic heterocycles. The summed E-state index contributed by atoms with van der Waals surface area (Å²) in [7, 11) is 0. The van der Waals surface area contributed by atoms with Crippen LogP contribution in [0.1, 0.15) is 17.5 Å². The highest BCUT2D eigenvalue weighted by Crippen LogP contribution is 2.27. The molecule has 0 fully saturated rings. The maximum absolute atomic E-state index is 12.1. The van der Waals surface area contributed by atoms with E-state index in [9.17, 15) is 4.79 Å². The summed E-state index contributed by atoms with van der Waals surface area (Å²) in [5.41, 5.74) is 1.88. The second-order valence-corrected chi connectivity index (χ2v) is 6.82. The molecule has 0 bridgehead atoms. The van der Waals surface area contributed by atoms with Crippen molar-refractivity contribution in [2.45, 2.75) is 20.4 Å². The third kappa shape index (κ3) is 5.27. The number of pyridine rings is 1. The summed E-state index contributed by atoms with van der Waals surface area (Å²) in [6, 6.07) is 11.1. The molecule has 0 spiro atoms. The van der Waals surface area contributed by atoms with Gasteiger partial charge >= 0.3 is 0 Å². The standard InChI is InChI=1S/C20H21N3O3S/c1-3-25-16-6-8-17(9-7-16)26-13-19(24)22-12-18-14(2)23-20(27-18)15-5-4-10-21-11-15/h4-11H,3,12-13H2,1-2H3,(H,22,24). The van der Waals surface area contributed by atoms with Crippen molar-refractivity contribution in [2.75, 3.05) is 13.2 Å². The molecule has 3 aromatic rings. The first-order valence-corrected chi connectivity index (χ1v) is 9.46. The van der Waals surface area contributed by atoms with Crippen LogP contribution < -0.4 is 14.8 Å². The molecule has 0 radical (unpaired) electrons. The summed E-state index contributed by atoms with van der Waals surface area (Å²) in [5.74, 6) is 1.22. The second-order valence-electron chi connectivity index (χ2n) is 5.74. The van der Waals surface area contributed by atoms with Crippen LogP contribution in [-0.4, -0.2) is 29.1 Å². The van der Waals surface area contributed by atoms with Crippen LogP contribution in [0.25, 0.3) is 10.6 Å². The largest absolute Gasteiger partial charge is 0.494 e. The Balaban J connectivity index is 1.50. The molecule has 3 rings (SSSR count). The van der Waals surface area contributed by atoms with Crippen molar-refractivity contribution in [3.63, 3.8) is 0 Å². The number of rotatable bonds is 8. The number of aromatic nitrogens is 2. The van der Waals surface area contributed by atoms with Crippen molar-refractivity contribution in [1.82, 2.24) is 15.3 Å². The van der Waals surface area contributed by atoms with Crippen molar-refractivity contribution in [1.29, 1.82) is 0 Å². The quantitative estimate of drug-likeness (QED) is 0.643. The minimum absolute atomic E-state index is 0.0404. The smallest absolute Gasteiger partial charge is 0.258 e. The second kappa shape index (κ2) is 9.14. The van der Waals surface area contributed by atoms with Gasteiger partial charge in [0.05, 0.1) is 18.8 Å². The minimum Gasteiger partial charge on any atom is -0.494 e. The van der Waals surface area contributed by atoms with Crippen molar-refractivity contribution in [3.8, 4) is 22.1 Å². The predicted octanol–water partition coefficient (Wildman–Crippen LogP) is 3.61. The topological polar surface area (TPSA) is 73.3 Å². The maximum atomic E-state index is 12.1. The van der Waals surface area contributed by atoms with Gasteiger partial charge in [0, 0.05) is 22.8 Å². The van der Waals surface area contributed by atoms with Gasteiger partial charge in [0.25, 0.3) is 5.91 Å². The predicted molar refractivity (Wildman–Crippen MR) is 105 cm³/mol. The van der Waals surface area contributed by atoms with Gasteiger partial charge in [-0.15, -0.1) is 11.3 Å². The zero-order valence-corrected chi connectivity index (χ0v) is 16.1. The molecular formula is C20H21N3O3S. The molecule has 140 valence electrons. The van der Waals surface area contributed by atoms with E-state index in [0.717, 1.165) is 26.9 Å². The van der Waals surface area contributed by atoms with Crippen LogP contribution in [0.2, 0.25) is 0 Å². The lowest BCUT2D eigenvalue weighted by atomic mass is 10.3. The lowest BCUT2D eigenvalue weighted by Gasteiger charge is -2.08. The normalized spacial score (nSPS) is 10.4. The number of hydrogen-bond donors (Lipinski definition) is 1. The number of nitrogens with one attached hydrogen (secondary N) is 1. The summed E-state index contributed by atoms with van der Waals surface area (Å²) in [6.07, 6.45) is 3.51. The van der Waals surface area contributed by atoms with Gasteiger partial charge in [-0.2, -0.15) is 0 Å². The number of carbonyl (C=O) groups is 1. The number of ether oxygens (including phenoxy) is 2. The minimum atomic E-state index is -0.181. The van der Waals surface area contributed by atoms with E-state index in [1.54, 1.807) is 35.9 Å². The Bertz CT molecular complexity index is 879. The first kappa shape index (κ1) is 18.8. The highest BCUT2D eigenvalue weighted by Gasteiger charge is 2.11. The van der Waals surface area contributed by atoms with Crippen LogP contribution in [0.15, 0.2) is 48.8 Å². The van der Waals surface area contributed by atoms with Crippen molar-refractivity contribution < 1.29 is 14.3 Å². The van der Waals surface area contributed by atoms with Crippen molar-refractivity contribution in [3.05, 3.63) is 59.4 Å². The Hall–Kier alpha value is -2.93. The highest BCUT2D eigenvalue weighted by molar-refractivity contribution is 7.15. The van der Waals surface area contributed by atoms with Gasteiger partial charge in [-0.25, -0.2) is 4.98 Å². The van der Waals surface area contributed by atoms with Crippen LogP contribution in [0.3, 0.4) is 0 Å². The summed E-state index contributed by atoms with van der Waals surface area (Å²) in [6.45, 7) is 4.87. The maximum Gasteiger partial charge on any atom is 0.258 e. The average Bonchev–Trinajstić information content (AvgIpc) is 3.07. The zero-order chi connectivity index (χ0) is 19.1. The summed E-state index contributed by atoms with van der Waals surface area (Å²) >= 11 is 1.55. The number of hydrogen-bond acceptors (Lipinski definition) is 6. The van der Waals surface area contributed by atoms with E-state index in [4.69, 9.17) is 9.47 Å². The molecule has 0 atom stereocenters. The Kier molecular flexibility index (Phi) is 6.38. The number of thiazole rings is 1. The van der Waals surface area contributed by atoms with Crippen molar-refractivity contribution >= 4 is 17.2 Å². The van der Waals surface area contributed by atoms with Gasteiger partial charge in [-0.3, -0.25) is 9.78 Å². The molecule has 27 heavy (non-hydrogen) atoms. The Labute approximate surface area is 162 Å². The van der Waals surface area contributed by atoms with Crippen LogP contribution >= 0.6 is 11.3 Å². The van der Waals surface area contributed by atoms with Crippen LogP contribution in [0, 0.1) is 6.92 Å². The summed E-state index contributed by atoms with van der Waals surface area (Å²) in [4.78, 5) is 21.8. The monoisotopic (exact) mass is 383 g/mol. The molecule has 1 N–H and O–H groups in total. The molecule has 7 heteroatoms. The van der Waals surface area contributed by atoms with Gasteiger partial charge in [-0.1, -0.05) is 0 Å². The molecule has 6 nitrogen and oxygen atoms in total. The Morgan fingerprint density at radius 2 is 1.89 bits per heavy atom. The number of aryl methyl sites for hydroxylation is 1.